The summed E-state index contributed by atoms with van der Waals surface area (Å²) in [4.78, 5) is 12.4. The molecule has 0 saturated carbocycles. The standard InChI is InChI=1S/C20H20N4O4S/c1-24-19(14-5-3-4-6-15(14)26-2)22-23-20(24)29-12-18(25)21-13-7-8-16-17(11-13)28-10-9-27-16/h3-8,11H,9-10,12H2,1-2H3,(H,21,25). The van der Waals surface area contributed by atoms with Crippen molar-refractivity contribution in [2.45, 2.75) is 5.16 Å². The first-order valence-electron chi connectivity index (χ1n) is 9.01. The van der Waals surface area contributed by atoms with Gasteiger partial charge in [0.2, 0.25) is 5.91 Å². The van der Waals surface area contributed by atoms with E-state index in [-0.39, 0.29) is 11.7 Å². The van der Waals surface area contributed by atoms with Gasteiger partial charge in [0, 0.05) is 18.8 Å². The molecule has 1 aromatic heterocycles. The molecule has 9 heteroatoms. The quantitative estimate of drug-likeness (QED) is 0.623. The lowest BCUT2D eigenvalue weighted by Gasteiger charge is -2.18. The van der Waals surface area contributed by atoms with Gasteiger partial charge in [-0.15, -0.1) is 10.2 Å². The van der Waals surface area contributed by atoms with Crippen molar-refractivity contribution in [3.63, 3.8) is 0 Å². The average Bonchev–Trinajstić information content (AvgIpc) is 3.12. The van der Waals surface area contributed by atoms with Gasteiger partial charge in [0.05, 0.1) is 18.4 Å². The average molecular weight is 412 g/mol. The number of aromatic nitrogens is 3. The van der Waals surface area contributed by atoms with E-state index >= 15 is 0 Å². The zero-order chi connectivity index (χ0) is 20.2. The van der Waals surface area contributed by atoms with E-state index in [1.54, 1.807) is 25.3 Å². The zero-order valence-corrected chi connectivity index (χ0v) is 16.9. The van der Waals surface area contributed by atoms with E-state index in [0.717, 1.165) is 11.3 Å². The number of ether oxygens (including phenoxy) is 3. The summed E-state index contributed by atoms with van der Waals surface area (Å²) >= 11 is 1.31. The number of hydrogen-bond donors (Lipinski definition) is 1. The molecule has 1 amide bonds. The third-order valence-corrected chi connectivity index (χ3v) is 5.36. The maximum absolute atomic E-state index is 12.4. The molecule has 1 N–H and O–H groups in total. The molecule has 2 aromatic carbocycles. The molecule has 150 valence electrons. The van der Waals surface area contributed by atoms with Gasteiger partial charge in [-0.3, -0.25) is 4.79 Å². The first kappa shape index (κ1) is 19.1. The lowest BCUT2D eigenvalue weighted by Crippen LogP contribution is -2.17. The highest BCUT2D eigenvalue weighted by atomic mass is 32.2. The number of carbonyl (C=O) groups is 1. The molecule has 4 rings (SSSR count). The largest absolute Gasteiger partial charge is 0.496 e. The van der Waals surface area contributed by atoms with E-state index in [0.29, 0.717) is 41.4 Å². The minimum Gasteiger partial charge on any atom is -0.496 e. The Bertz CT molecular complexity index is 1040. The van der Waals surface area contributed by atoms with Gasteiger partial charge in [0.25, 0.3) is 0 Å². The van der Waals surface area contributed by atoms with Crippen molar-refractivity contribution >= 4 is 23.4 Å². The lowest BCUT2D eigenvalue weighted by atomic mass is 10.2. The van der Waals surface area contributed by atoms with Crippen LogP contribution in [-0.2, 0) is 11.8 Å². The molecule has 0 aliphatic carbocycles. The SMILES string of the molecule is COc1ccccc1-c1nnc(SCC(=O)Nc2ccc3c(c2)OCCO3)n1C. The smallest absolute Gasteiger partial charge is 0.234 e. The zero-order valence-electron chi connectivity index (χ0n) is 16.0. The molecule has 1 aliphatic rings. The summed E-state index contributed by atoms with van der Waals surface area (Å²) in [6.07, 6.45) is 0. The van der Waals surface area contributed by atoms with Crippen molar-refractivity contribution < 1.29 is 19.0 Å². The summed E-state index contributed by atoms with van der Waals surface area (Å²) in [5.41, 5.74) is 1.50. The lowest BCUT2D eigenvalue weighted by molar-refractivity contribution is -0.113. The second-order valence-corrected chi connectivity index (χ2v) is 7.20. The number of benzene rings is 2. The molecule has 29 heavy (non-hydrogen) atoms. The summed E-state index contributed by atoms with van der Waals surface area (Å²) < 4.78 is 18.3. The van der Waals surface area contributed by atoms with Crippen LogP contribution in [0.2, 0.25) is 0 Å². The molecule has 8 nitrogen and oxygen atoms in total. The summed E-state index contributed by atoms with van der Waals surface area (Å²) in [6.45, 7) is 1.03. The molecule has 1 aliphatic heterocycles. The van der Waals surface area contributed by atoms with Crippen LogP contribution in [0.4, 0.5) is 5.69 Å². The fourth-order valence-corrected chi connectivity index (χ4v) is 3.66. The van der Waals surface area contributed by atoms with E-state index in [1.165, 1.54) is 11.8 Å². The predicted molar refractivity (Wildman–Crippen MR) is 110 cm³/mol. The Hall–Kier alpha value is -3.20. The van der Waals surface area contributed by atoms with Gasteiger partial charge in [-0.05, 0) is 24.3 Å². The monoisotopic (exact) mass is 412 g/mol. The number of hydrogen-bond acceptors (Lipinski definition) is 7. The first-order chi connectivity index (χ1) is 14.2. The first-order valence-corrected chi connectivity index (χ1v) is 9.99. The van der Waals surface area contributed by atoms with Gasteiger partial charge >= 0.3 is 0 Å². The van der Waals surface area contributed by atoms with Crippen molar-refractivity contribution in [1.29, 1.82) is 0 Å². The number of thioether (sulfide) groups is 1. The highest BCUT2D eigenvalue weighted by molar-refractivity contribution is 7.99. The van der Waals surface area contributed by atoms with Crippen LogP contribution in [0.5, 0.6) is 17.2 Å². The molecular formula is C20H20N4O4S. The summed E-state index contributed by atoms with van der Waals surface area (Å²) in [7, 11) is 3.48. The van der Waals surface area contributed by atoms with Crippen molar-refractivity contribution in [2.75, 3.05) is 31.4 Å². The van der Waals surface area contributed by atoms with Crippen LogP contribution in [0.3, 0.4) is 0 Å². The van der Waals surface area contributed by atoms with Crippen LogP contribution in [0.25, 0.3) is 11.4 Å². The number of rotatable bonds is 6. The molecule has 0 atom stereocenters. The Morgan fingerprint density at radius 2 is 1.97 bits per heavy atom. The normalized spacial score (nSPS) is 12.5. The predicted octanol–water partition coefficient (Wildman–Crippen LogP) is 2.99. The second kappa shape index (κ2) is 8.44. The second-order valence-electron chi connectivity index (χ2n) is 6.26. The number of amides is 1. The topological polar surface area (TPSA) is 87.5 Å². The molecule has 0 saturated heterocycles. The third-order valence-electron chi connectivity index (χ3n) is 4.34. The van der Waals surface area contributed by atoms with Crippen LogP contribution < -0.4 is 19.5 Å². The van der Waals surface area contributed by atoms with E-state index in [2.05, 4.69) is 15.5 Å². The minimum absolute atomic E-state index is 0.145. The molecule has 2 heterocycles. The number of nitrogens with zero attached hydrogens (tertiary/aromatic N) is 3. The molecule has 0 spiro atoms. The third kappa shape index (κ3) is 4.14. The van der Waals surface area contributed by atoms with E-state index < -0.39 is 0 Å². The maximum Gasteiger partial charge on any atom is 0.234 e. The Morgan fingerprint density at radius 3 is 2.79 bits per heavy atom. The van der Waals surface area contributed by atoms with Crippen LogP contribution >= 0.6 is 11.8 Å². The van der Waals surface area contributed by atoms with Crippen LogP contribution in [0.1, 0.15) is 0 Å². The fraction of sp³-hybridized carbons (Fsp3) is 0.250. The Kier molecular flexibility index (Phi) is 5.57. The molecule has 0 fully saturated rings. The van der Waals surface area contributed by atoms with Gasteiger partial charge in [-0.1, -0.05) is 23.9 Å². The van der Waals surface area contributed by atoms with E-state index in [1.807, 2.05) is 35.9 Å². The number of fused-ring (bicyclic) bond motifs is 1. The van der Waals surface area contributed by atoms with Gasteiger partial charge in [-0.25, -0.2) is 0 Å². The Labute approximate surface area is 172 Å². The van der Waals surface area contributed by atoms with Crippen molar-refractivity contribution in [3.8, 4) is 28.6 Å². The summed E-state index contributed by atoms with van der Waals surface area (Å²) in [5.74, 6) is 2.77. The molecule has 0 unspecified atom stereocenters. The molecular weight excluding hydrogens is 392 g/mol. The van der Waals surface area contributed by atoms with E-state index in [4.69, 9.17) is 14.2 Å². The van der Waals surface area contributed by atoms with E-state index in [9.17, 15) is 4.79 Å². The van der Waals surface area contributed by atoms with Crippen LogP contribution in [-0.4, -0.2) is 46.7 Å². The van der Waals surface area contributed by atoms with Gasteiger partial charge < -0.3 is 24.1 Å². The van der Waals surface area contributed by atoms with Crippen LogP contribution in [0, 0.1) is 0 Å². The number of anilines is 1. The minimum atomic E-state index is -0.145. The van der Waals surface area contributed by atoms with Crippen molar-refractivity contribution in [2.24, 2.45) is 7.05 Å². The number of para-hydroxylation sites is 1. The summed E-state index contributed by atoms with van der Waals surface area (Å²) in [6, 6.07) is 13.0. The Morgan fingerprint density at radius 1 is 1.17 bits per heavy atom. The maximum atomic E-state index is 12.4. The number of nitrogens with one attached hydrogen (secondary N) is 1. The number of carbonyl (C=O) groups excluding carboxylic acids is 1. The number of methoxy groups -OCH3 is 1. The molecule has 3 aromatic rings. The molecule has 0 bridgehead atoms. The fourth-order valence-electron chi connectivity index (χ4n) is 2.95. The van der Waals surface area contributed by atoms with Crippen LogP contribution in [0.15, 0.2) is 47.6 Å². The Balaban J connectivity index is 1.40. The highest BCUT2D eigenvalue weighted by Gasteiger charge is 2.17. The van der Waals surface area contributed by atoms with Gasteiger partial charge in [0.15, 0.2) is 22.5 Å². The van der Waals surface area contributed by atoms with Crippen molar-refractivity contribution in [3.05, 3.63) is 42.5 Å². The molecule has 0 radical (unpaired) electrons. The highest BCUT2D eigenvalue weighted by Crippen LogP contribution is 2.33. The van der Waals surface area contributed by atoms with Crippen molar-refractivity contribution in [1.82, 2.24) is 14.8 Å². The summed E-state index contributed by atoms with van der Waals surface area (Å²) in [5, 5.41) is 12.0. The van der Waals surface area contributed by atoms with Gasteiger partial charge in [0.1, 0.15) is 19.0 Å². The van der Waals surface area contributed by atoms with Gasteiger partial charge in [-0.2, -0.15) is 0 Å².